The maximum absolute atomic E-state index is 10.7. The van der Waals surface area contributed by atoms with Crippen LogP contribution in [0.5, 0.6) is 0 Å². The van der Waals surface area contributed by atoms with Gasteiger partial charge in [-0.2, -0.15) is 0 Å². The molecule has 1 rings (SSSR count). The molecule has 1 aromatic heterocycles. The largest absolute Gasteiger partial charge is 0.477 e. The molecule has 0 aliphatic carbocycles. The van der Waals surface area contributed by atoms with E-state index in [9.17, 15) is 4.79 Å². The topological polar surface area (TPSA) is 37.3 Å². The van der Waals surface area contributed by atoms with E-state index in [1.54, 1.807) is 6.07 Å². The molecule has 0 radical (unpaired) electrons. The molecule has 0 aliphatic heterocycles. The summed E-state index contributed by atoms with van der Waals surface area (Å²) in [5, 5.41) is 9.59. The molecule has 1 N–H and O–H groups in total. The lowest BCUT2D eigenvalue weighted by Crippen LogP contribution is -1.89. The third kappa shape index (κ3) is 2.86. The summed E-state index contributed by atoms with van der Waals surface area (Å²) in [5.74, 6) is 5.05. The molecule has 1 aromatic rings. The molecular weight excluding hydrogens is 264 g/mol. The summed E-state index contributed by atoms with van der Waals surface area (Å²) in [4.78, 5) is 11.9. The van der Waals surface area contributed by atoms with E-state index in [0.29, 0.717) is 4.88 Å². The molecule has 0 amide bonds. The molecule has 0 saturated carbocycles. The van der Waals surface area contributed by atoms with Crippen LogP contribution in [-0.4, -0.2) is 16.4 Å². The fourth-order valence-corrected chi connectivity index (χ4v) is 1.99. The van der Waals surface area contributed by atoms with Gasteiger partial charge in [-0.3, -0.25) is 0 Å². The van der Waals surface area contributed by atoms with Crippen LogP contribution < -0.4 is 0 Å². The van der Waals surface area contributed by atoms with Gasteiger partial charge in [0.2, 0.25) is 0 Å². The second-order valence-electron chi connectivity index (χ2n) is 2.67. The first-order chi connectivity index (χ1) is 6.65. The van der Waals surface area contributed by atoms with Crippen LogP contribution in [0.3, 0.4) is 0 Å². The van der Waals surface area contributed by atoms with Gasteiger partial charge in [0.25, 0.3) is 0 Å². The molecule has 1 heterocycles. The van der Waals surface area contributed by atoms with Gasteiger partial charge in [0.1, 0.15) is 4.88 Å². The summed E-state index contributed by atoms with van der Waals surface area (Å²) in [6.07, 6.45) is 0.778. The highest BCUT2D eigenvalue weighted by molar-refractivity contribution is 9.09. The molecule has 74 valence electrons. The van der Waals surface area contributed by atoms with E-state index in [-0.39, 0.29) is 0 Å². The van der Waals surface area contributed by atoms with Crippen LogP contribution >= 0.6 is 27.3 Å². The molecule has 0 atom stereocenters. The summed E-state index contributed by atoms with van der Waals surface area (Å²) >= 11 is 4.51. The van der Waals surface area contributed by atoms with Gasteiger partial charge in [-0.1, -0.05) is 27.8 Å². The highest BCUT2D eigenvalue weighted by Gasteiger charge is 2.08. The number of thiophene rings is 1. The van der Waals surface area contributed by atoms with Crippen LogP contribution in [0, 0.1) is 18.8 Å². The second-order valence-corrected chi connectivity index (χ2v) is 4.51. The minimum Gasteiger partial charge on any atom is -0.477 e. The van der Waals surface area contributed by atoms with E-state index in [4.69, 9.17) is 5.11 Å². The van der Waals surface area contributed by atoms with Crippen LogP contribution in [0.25, 0.3) is 0 Å². The highest BCUT2D eigenvalue weighted by Crippen LogP contribution is 2.20. The van der Waals surface area contributed by atoms with Crippen LogP contribution in [0.1, 0.15) is 26.5 Å². The molecule has 0 fully saturated rings. The Bertz CT molecular complexity index is 398. The van der Waals surface area contributed by atoms with Crippen LogP contribution in [0.2, 0.25) is 0 Å². The maximum atomic E-state index is 10.7. The Morgan fingerprint density at radius 2 is 2.43 bits per heavy atom. The molecule has 0 saturated heterocycles. The van der Waals surface area contributed by atoms with Gasteiger partial charge in [0.15, 0.2) is 0 Å². The minimum atomic E-state index is -0.883. The number of halogens is 1. The molecule has 0 spiro atoms. The van der Waals surface area contributed by atoms with E-state index in [1.807, 2.05) is 6.92 Å². The summed E-state index contributed by atoms with van der Waals surface area (Å²) in [7, 11) is 0. The van der Waals surface area contributed by atoms with Gasteiger partial charge in [0, 0.05) is 11.8 Å². The smallest absolute Gasteiger partial charge is 0.345 e. The summed E-state index contributed by atoms with van der Waals surface area (Å²) in [5.41, 5.74) is 0.939. The van der Waals surface area contributed by atoms with Gasteiger partial charge in [-0.15, -0.1) is 11.3 Å². The van der Waals surface area contributed by atoms with Crippen molar-refractivity contribution in [3.63, 3.8) is 0 Å². The Labute approximate surface area is 95.1 Å². The number of rotatable bonds is 2. The lowest BCUT2D eigenvalue weighted by Gasteiger charge is -1.83. The first-order valence-corrected chi connectivity index (χ1v) is 5.97. The number of carboxylic acids is 1. The van der Waals surface area contributed by atoms with E-state index in [2.05, 4.69) is 27.8 Å². The van der Waals surface area contributed by atoms with Crippen molar-refractivity contribution in [3.05, 3.63) is 21.4 Å². The average molecular weight is 273 g/mol. The number of aromatic carboxylic acids is 1. The normalized spacial score (nSPS) is 9.29. The van der Waals surface area contributed by atoms with E-state index >= 15 is 0 Å². The lowest BCUT2D eigenvalue weighted by atomic mass is 10.2. The number of alkyl halides is 1. The first kappa shape index (κ1) is 11.3. The Hall–Kier alpha value is -0.790. The third-order valence-electron chi connectivity index (χ3n) is 1.55. The Balaban J connectivity index is 2.89. The average Bonchev–Trinajstić information content (AvgIpc) is 2.49. The van der Waals surface area contributed by atoms with Gasteiger partial charge < -0.3 is 5.11 Å². The molecular formula is C10H9BrO2S. The fourth-order valence-electron chi connectivity index (χ4n) is 0.902. The van der Waals surface area contributed by atoms with Gasteiger partial charge in [-0.25, -0.2) is 4.79 Å². The number of hydrogen-bond acceptors (Lipinski definition) is 2. The van der Waals surface area contributed by atoms with E-state index in [0.717, 1.165) is 22.2 Å². The van der Waals surface area contributed by atoms with Gasteiger partial charge >= 0.3 is 5.97 Å². The molecule has 2 nitrogen and oxygen atoms in total. The molecule has 0 aromatic carbocycles. The van der Waals surface area contributed by atoms with E-state index < -0.39 is 5.97 Å². The number of carboxylic acid groups (broad SMARTS) is 1. The Kier molecular flexibility index (Phi) is 4.18. The standard InChI is InChI=1S/C10H9BrO2S/c1-7-6-9(10(12)13)14-8(7)4-2-3-5-11/h6H,3,5H2,1H3,(H,12,13). The fraction of sp³-hybridized carbons (Fsp3) is 0.300. The zero-order valence-electron chi connectivity index (χ0n) is 7.63. The third-order valence-corrected chi connectivity index (χ3v) is 3.09. The van der Waals surface area contributed by atoms with Crippen molar-refractivity contribution in [2.24, 2.45) is 0 Å². The second kappa shape index (κ2) is 5.18. The maximum Gasteiger partial charge on any atom is 0.345 e. The van der Waals surface area contributed by atoms with Crippen molar-refractivity contribution >= 4 is 33.2 Å². The molecule has 14 heavy (non-hydrogen) atoms. The zero-order valence-corrected chi connectivity index (χ0v) is 10.0. The van der Waals surface area contributed by atoms with Crippen molar-refractivity contribution in [3.8, 4) is 11.8 Å². The molecule has 0 bridgehead atoms. The predicted octanol–water partition coefficient (Wildman–Crippen LogP) is 2.89. The van der Waals surface area contributed by atoms with Crippen molar-refractivity contribution < 1.29 is 9.90 Å². The number of aryl methyl sites for hydroxylation is 1. The number of hydrogen-bond donors (Lipinski definition) is 1. The van der Waals surface area contributed by atoms with Crippen LogP contribution in [0.15, 0.2) is 6.07 Å². The quantitative estimate of drug-likeness (QED) is 0.664. The van der Waals surface area contributed by atoms with Crippen molar-refractivity contribution in [1.29, 1.82) is 0 Å². The van der Waals surface area contributed by atoms with E-state index in [1.165, 1.54) is 11.3 Å². The van der Waals surface area contributed by atoms with Crippen LogP contribution in [-0.2, 0) is 0 Å². The van der Waals surface area contributed by atoms with Crippen molar-refractivity contribution in [2.75, 3.05) is 5.33 Å². The number of carbonyl (C=O) groups is 1. The molecule has 0 unspecified atom stereocenters. The Morgan fingerprint density at radius 1 is 1.71 bits per heavy atom. The van der Waals surface area contributed by atoms with Crippen molar-refractivity contribution in [2.45, 2.75) is 13.3 Å². The van der Waals surface area contributed by atoms with Gasteiger partial charge in [-0.05, 0) is 18.6 Å². The minimum absolute atomic E-state index is 0.352. The highest BCUT2D eigenvalue weighted by atomic mass is 79.9. The predicted molar refractivity (Wildman–Crippen MR) is 61.3 cm³/mol. The monoisotopic (exact) mass is 272 g/mol. The van der Waals surface area contributed by atoms with Gasteiger partial charge in [0.05, 0.1) is 4.88 Å². The van der Waals surface area contributed by atoms with Crippen LogP contribution in [0.4, 0.5) is 0 Å². The van der Waals surface area contributed by atoms with Crippen molar-refractivity contribution in [1.82, 2.24) is 0 Å². The lowest BCUT2D eigenvalue weighted by molar-refractivity contribution is 0.0702. The SMILES string of the molecule is Cc1cc(C(=O)O)sc1C#CCCBr. The summed E-state index contributed by atoms with van der Waals surface area (Å²) in [6.45, 7) is 1.88. The summed E-state index contributed by atoms with van der Waals surface area (Å²) in [6, 6.07) is 1.66. The zero-order chi connectivity index (χ0) is 10.6. The Morgan fingerprint density at radius 3 is 2.93 bits per heavy atom. The molecule has 0 aliphatic rings. The molecule has 4 heteroatoms. The summed E-state index contributed by atoms with van der Waals surface area (Å²) < 4.78 is 0. The first-order valence-electron chi connectivity index (χ1n) is 4.03.